The van der Waals surface area contributed by atoms with E-state index in [9.17, 15) is 0 Å². The summed E-state index contributed by atoms with van der Waals surface area (Å²) in [6.45, 7) is 3.28. The van der Waals surface area contributed by atoms with E-state index in [1.54, 1.807) is 0 Å². The highest BCUT2D eigenvalue weighted by Gasteiger charge is 2.22. The van der Waals surface area contributed by atoms with E-state index in [0.717, 1.165) is 11.0 Å². The maximum Gasteiger partial charge on any atom is 0.0292 e. The zero-order valence-corrected chi connectivity index (χ0v) is 13.9. The molecule has 0 saturated carbocycles. The Hall–Kier alpha value is -0.770. The Balaban J connectivity index is 1.62. The molecule has 2 aromatic rings. The van der Waals surface area contributed by atoms with Crippen LogP contribution in [-0.2, 0) is 0 Å². The summed E-state index contributed by atoms with van der Waals surface area (Å²) in [6.07, 6.45) is 0. The van der Waals surface area contributed by atoms with Gasteiger partial charge in [0.15, 0.2) is 0 Å². The summed E-state index contributed by atoms with van der Waals surface area (Å²) < 4.78 is 1.13. The van der Waals surface area contributed by atoms with Crippen molar-refractivity contribution >= 4 is 27.7 Å². The minimum absolute atomic E-state index is 0.390. The molecule has 1 heterocycles. The number of halogens is 1. The second-order valence-electron chi connectivity index (χ2n) is 5.23. The highest BCUT2D eigenvalue weighted by Crippen LogP contribution is 2.39. The van der Waals surface area contributed by atoms with Crippen molar-refractivity contribution in [1.82, 2.24) is 5.32 Å². The van der Waals surface area contributed by atoms with E-state index >= 15 is 0 Å². The number of benzene rings is 2. The first-order valence-electron chi connectivity index (χ1n) is 6.94. The predicted octanol–water partition coefficient (Wildman–Crippen LogP) is 4.99. The normalized spacial score (nSPS) is 18.8. The zero-order valence-electron chi connectivity index (χ0n) is 11.5. The molecule has 1 aliphatic rings. The molecule has 1 unspecified atom stereocenters. The molecule has 0 fully saturated rings. The fourth-order valence-electron chi connectivity index (χ4n) is 2.59. The summed E-state index contributed by atoms with van der Waals surface area (Å²) >= 11 is 5.46. The first-order chi connectivity index (χ1) is 9.74. The zero-order chi connectivity index (χ0) is 13.9. The maximum absolute atomic E-state index is 3.67. The third-order valence-electron chi connectivity index (χ3n) is 3.84. The molecular weight excluding hydrogens is 330 g/mol. The maximum atomic E-state index is 3.67. The van der Waals surface area contributed by atoms with Crippen LogP contribution in [0.2, 0.25) is 0 Å². The molecule has 0 aromatic heterocycles. The number of hydrogen-bond donors (Lipinski definition) is 1. The second-order valence-corrected chi connectivity index (χ2v) is 7.20. The van der Waals surface area contributed by atoms with Crippen LogP contribution in [0, 0.1) is 0 Å². The van der Waals surface area contributed by atoms with E-state index < -0.39 is 0 Å². The van der Waals surface area contributed by atoms with Gasteiger partial charge in [0, 0.05) is 33.6 Å². The average Bonchev–Trinajstić information content (AvgIpc) is 2.89. The van der Waals surface area contributed by atoms with Crippen molar-refractivity contribution in [3.8, 4) is 0 Å². The quantitative estimate of drug-likeness (QED) is 0.835. The Morgan fingerprint density at radius 2 is 1.95 bits per heavy atom. The van der Waals surface area contributed by atoms with Gasteiger partial charge in [-0.25, -0.2) is 0 Å². The summed E-state index contributed by atoms with van der Waals surface area (Å²) in [6, 6.07) is 17.7. The molecule has 1 N–H and O–H groups in total. The largest absolute Gasteiger partial charge is 0.310 e. The van der Waals surface area contributed by atoms with Gasteiger partial charge in [-0.05, 0) is 36.2 Å². The van der Waals surface area contributed by atoms with Crippen LogP contribution in [0.25, 0.3) is 0 Å². The first-order valence-corrected chi connectivity index (χ1v) is 8.72. The number of rotatable bonds is 4. The van der Waals surface area contributed by atoms with Gasteiger partial charge in [0.05, 0.1) is 0 Å². The highest BCUT2D eigenvalue weighted by atomic mass is 79.9. The lowest BCUT2D eigenvalue weighted by Crippen LogP contribution is -2.24. The molecule has 0 bridgehead atoms. The van der Waals surface area contributed by atoms with Gasteiger partial charge in [0.2, 0.25) is 0 Å². The molecule has 3 heteroatoms. The number of hydrogen-bond acceptors (Lipinski definition) is 2. The molecule has 3 rings (SSSR count). The smallest absolute Gasteiger partial charge is 0.0292 e. The molecule has 2 atom stereocenters. The summed E-state index contributed by atoms with van der Waals surface area (Å²) in [5, 5.41) is 3.67. The van der Waals surface area contributed by atoms with Gasteiger partial charge in [-0.1, -0.05) is 46.3 Å². The van der Waals surface area contributed by atoms with Gasteiger partial charge >= 0.3 is 0 Å². The van der Waals surface area contributed by atoms with Gasteiger partial charge in [0.1, 0.15) is 0 Å². The Labute approximate surface area is 133 Å². The van der Waals surface area contributed by atoms with Crippen molar-refractivity contribution in [2.24, 2.45) is 0 Å². The molecule has 2 aromatic carbocycles. The van der Waals surface area contributed by atoms with Crippen LogP contribution >= 0.6 is 27.7 Å². The summed E-state index contributed by atoms with van der Waals surface area (Å²) in [4.78, 5) is 1.45. The van der Waals surface area contributed by atoms with E-state index in [0.29, 0.717) is 12.0 Å². The number of fused-ring (bicyclic) bond motifs is 1. The Morgan fingerprint density at radius 3 is 2.75 bits per heavy atom. The second kappa shape index (κ2) is 6.33. The molecule has 0 aliphatic carbocycles. The van der Waals surface area contributed by atoms with Crippen molar-refractivity contribution in [1.29, 1.82) is 0 Å². The molecule has 1 nitrogen and oxygen atoms in total. The monoisotopic (exact) mass is 347 g/mol. The molecular formula is C17H18BrNS. The lowest BCUT2D eigenvalue weighted by Gasteiger charge is -2.18. The predicted molar refractivity (Wildman–Crippen MR) is 90.5 cm³/mol. The summed E-state index contributed by atoms with van der Waals surface area (Å²) in [5.74, 6) is 1.83. The van der Waals surface area contributed by atoms with Crippen molar-refractivity contribution in [2.75, 3.05) is 12.3 Å². The minimum atomic E-state index is 0.390. The van der Waals surface area contributed by atoms with Gasteiger partial charge in [-0.2, -0.15) is 0 Å². The summed E-state index contributed by atoms with van der Waals surface area (Å²) in [5.41, 5.74) is 2.85. The van der Waals surface area contributed by atoms with E-state index in [1.807, 2.05) is 11.8 Å². The minimum Gasteiger partial charge on any atom is -0.310 e. The van der Waals surface area contributed by atoms with Crippen molar-refractivity contribution in [2.45, 2.75) is 23.8 Å². The van der Waals surface area contributed by atoms with Gasteiger partial charge in [-0.15, -0.1) is 11.8 Å². The van der Waals surface area contributed by atoms with E-state index in [1.165, 1.54) is 21.8 Å². The average molecular weight is 348 g/mol. The van der Waals surface area contributed by atoms with Crippen LogP contribution in [0.1, 0.15) is 30.0 Å². The molecule has 1 aliphatic heterocycles. The summed E-state index contributed by atoms with van der Waals surface area (Å²) in [7, 11) is 0. The molecule has 0 saturated heterocycles. The molecule has 0 amide bonds. The van der Waals surface area contributed by atoms with Crippen LogP contribution in [0.5, 0.6) is 0 Å². The van der Waals surface area contributed by atoms with Crippen molar-refractivity contribution in [3.05, 3.63) is 64.1 Å². The molecule has 20 heavy (non-hydrogen) atoms. The molecule has 0 radical (unpaired) electrons. The Kier molecular flexibility index (Phi) is 4.49. The number of thioether (sulfide) groups is 1. The van der Waals surface area contributed by atoms with Crippen LogP contribution in [0.4, 0.5) is 0 Å². The lowest BCUT2D eigenvalue weighted by atomic mass is 10.0. The van der Waals surface area contributed by atoms with Crippen molar-refractivity contribution in [3.63, 3.8) is 0 Å². The van der Waals surface area contributed by atoms with Crippen molar-refractivity contribution < 1.29 is 0 Å². The van der Waals surface area contributed by atoms with E-state index in [-0.39, 0.29) is 0 Å². The fourth-order valence-corrected chi connectivity index (χ4v) is 4.11. The molecule has 0 spiro atoms. The first kappa shape index (κ1) is 14.2. The van der Waals surface area contributed by atoms with E-state index in [2.05, 4.69) is 76.7 Å². The van der Waals surface area contributed by atoms with Gasteiger partial charge in [-0.3, -0.25) is 0 Å². The standard InChI is InChI=1S/C17H18BrNS/c1-12(13-6-8-15(18)9-7-13)19-10-14-11-20-17-5-3-2-4-16(14)17/h2-9,12,14,19H,10-11H2,1H3/t12-,14?/m0/s1. The van der Waals surface area contributed by atoms with Gasteiger partial charge in [0.25, 0.3) is 0 Å². The lowest BCUT2D eigenvalue weighted by molar-refractivity contribution is 0.541. The fraction of sp³-hybridized carbons (Fsp3) is 0.294. The Morgan fingerprint density at radius 1 is 1.20 bits per heavy atom. The third kappa shape index (κ3) is 3.11. The third-order valence-corrected chi connectivity index (χ3v) is 5.62. The highest BCUT2D eigenvalue weighted by molar-refractivity contribution is 9.10. The molecule has 104 valence electrons. The SMILES string of the molecule is C[C@H](NCC1CSc2ccccc21)c1ccc(Br)cc1. The van der Waals surface area contributed by atoms with Crippen LogP contribution in [-0.4, -0.2) is 12.3 Å². The van der Waals surface area contributed by atoms with Crippen LogP contribution in [0.3, 0.4) is 0 Å². The van der Waals surface area contributed by atoms with E-state index in [4.69, 9.17) is 0 Å². The number of nitrogens with one attached hydrogen (secondary N) is 1. The van der Waals surface area contributed by atoms with Crippen LogP contribution in [0.15, 0.2) is 57.9 Å². The van der Waals surface area contributed by atoms with Gasteiger partial charge < -0.3 is 5.32 Å². The Bertz CT molecular complexity index is 582. The van der Waals surface area contributed by atoms with Crippen LogP contribution < -0.4 is 5.32 Å². The topological polar surface area (TPSA) is 12.0 Å².